The fraction of sp³-hybridized carbons (Fsp3) is 1.00. The van der Waals surface area contributed by atoms with E-state index in [4.69, 9.17) is 0 Å². The number of fused-ring (bicyclic) bond motifs is 2. The van der Waals surface area contributed by atoms with Gasteiger partial charge >= 0.3 is 0 Å². The summed E-state index contributed by atoms with van der Waals surface area (Å²) in [6.07, 6.45) is 5.46. The van der Waals surface area contributed by atoms with Gasteiger partial charge in [-0.05, 0) is 37.0 Å². The number of hydrogen-bond acceptors (Lipinski definition) is 2. The summed E-state index contributed by atoms with van der Waals surface area (Å²) in [6, 6.07) is 0. The van der Waals surface area contributed by atoms with Gasteiger partial charge < -0.3 is 0 Å². The van der Waals surface area contributed by atoms with Crippen molar-refractivity contribution in [3.8, 4) is 0 Å². The molecule has 2 aliphatic carbocycles. The molecule has 3 atom stereocenters. The summed E-state index contributed by atoms with van der Waals surface area (Å²) in [7, 11) is 0. The Bertz CT molecular complexity index is 146. The molecule has 0 aliphatic heterocycles. The van der Waals surface area contributed by atoms with Crippen molar-refractivity contribution in [3.05, 3.63) is 4.91 Å². The van der Waals surface area contributed by atoms with E-state index < -0.39 is 0 Å². The summed E-state index contributed by atoms with van der Waals surface area (Å²) < 4.78 is 0. The Morgan fingerprint density at radius 1 is 1.30 bits per heavy atom. The van der Waals surface area contributed by atoms with Crippen LogP contribution in [0.25, 0.3) is 0 Å². The minimum Gasteiger partial charge on any atom is -0.151 e. The van der Waals surface area contributed by atoms with Crippen molar-refractivity contribution in [2.45, 2.75) is 25.7 Å². The molecule has 2 nitrogen and oxygen atoms in total. The second-order valence-electron chi connectivity index (χ2n) is 3.75. The third-order valence-corrected chi connectivity index (χ3v) is 3.19. The Hall–Kier alpha value is -0.400. The zero-order valence-electron chi connectivity index (χ0n) is 6.12. The van der Waals surface area contributed by atoms with Crippen LogP contribution in [-0.2, 0) is 0 Å². The number of rotatable bonds is 2. The smallest absolute Gasteiger partial charge is 0.0842 e. The van der Waals surface area contributed by atoms with Crippen molar-refractivity contribution in [2.75, 3.05) is 6.54 Å². The second-order valence-corrected chi connectivity index (χ2v) is 3.75. The van der Waals surface area contributed by atoms with Gasteiger partial charge in [-0.25, -0.2) is 0 Å². The summed E-state index contributed by atoms with van der Waals surface area (Å²) in [5, 5.41) is 2.99. The molecular weight excluding hydrogens is 126 g/mol. The third-order valence-electron chi connectivity index (χ3n) is 3.19. The van der Waals surface area contributed by atoms with E-state index >= 15 is 0 Å². The molecule has 2 aliphatic rings. The van der Waals surface area contributed by atoms with Crippen LogP contribution < -0.4 is 0 Å². The van der Waals surface area contributed by atoms with Crippen LogP contribution in [0.15, 0.2) is 5.18 Å². The maximum Gasteiger partial charge on any atom is 0.0842 e. The molecule has 2 rings (SSSR count). The van der Waals surface area contributed by atoms with Crippen molar-refractivity contribution >= 4 is 0 Å². The lowest BCUT2D eigenvalue weighted by Gasteiger charge is -2.17. The monoisotopic (exact) mass is 139 g/mol. The zero-order chi connectivity index (χ0) is 6.97. The first kappa shape index (κ1) is 6.32. The first-order valence-electron chi connectivity index (χ1n) is 4.19. The average Bonchev–Trinajstić information content (AvgIpc) is 2.48. The quantitative estimate of drug-likeness (QED) is 0.539. The molecule has 0 unspecified atom stereocenters. The molecule has 56 valence electrons. The van der Waals surface area contributed by atoms with Crippen LogP contribution in [0.1, 0.15) is 25.7 Å². The van der Waals surface area contributed by atoms with E-state index in [1.54, 1.807) is 0 Å². The fourth-order valence-electron chi connectivity index (χ4n) is 2.70. The molecule has 0 spiro atoms. The lowest BCUT2D eigenvalue weighted by Crippen LogP contribution is -2.12. The first-order chi connectivity index (χ1) is 4.90. The summed E-state index contributed by atoms with van der Waals surface area (Å²) in [4.78, 5) is 9.99. The molecule has 10 heavy (non-hydrogen) atoms. The Labute approximate surface area is 61.0 Å². The summed E-state index contributed by atoms with van der Waals surface area (Å²) in [6.45, 7) is 0.584. The van der Waals surface area contributed by atoms with Gasteiger partial charge in [0.15, 0.2) is 0 Å². The first-order valence-corrected chi connectivity index (χ1v) is 4.19. The van der Waals surface area contributed by atoms with Gasteiger partial charge in [0.25, 0.3) is 0 Å². The Morgan fingerprint density at radius 3 is 2.70 bits per heavy atom. The van der Waals surface area contributed by atoms with Gasteiger partial charge in [0.05, 0.1) is 6.54 Å². The molecule has 2 bridgehead atoms. The van der Waals surface area contributed by atoms with Crippen LogP contribution in [0, 0.1) is 22.7 Å². The molecule has 0 saturated heterocycles. The van der Waals surface area contributed by atoms with Gasteiger partial charge in [0, 0.05) is 0 Å². The van der Waals surface area contributed by atoms with Gasteiger partial charge in [-0.15, -0.1) is 0 Å². The molecule has 0 heterocycles. The van der Waals surface area contributed by atoms with Crippen LogP contribution in [0.5, 0.6) is 0 Å². The molecule has 2 fully saturated rings. The third kappa shape index (κ3) is 0.862. The van der Waals surface area contributed by atoms with Crippen molar-refractivity contribution in [1.29, 1.82) is 0 Å². The van der Waals surface area contributed by atoms with Gasteiger partial charge in [-0.1, -0.05) is 11.6 Å². The van der Waals surface area contributed by atoms with Gasteiger partial charge in [0.1, 0.15) is 0 Å². The summed E-state index contributed by atoms with van der Waals surface area (Å²) >= 11 is 0. The Kier molecular flexibility index (Phi) is 1.47. The molecular formula is C8H13NO. The SMILES string of the molecule is O=NC[C@H]1C[C@H]2CC[C@@H]1C2. The lowest BCUT2D eigenvalue weighted by atomic mass is 9.89. The number of nitrogens with zero attached hydrogens (tertiary/aromatic N) is 1. The summed E-state index contributed by atoms with van der Waals surface area (Å²) in [5.74, 6) is 2.48. The maximum atomic E-state index is 9.99. The van der Waals surface area contributed by atoms with E-state index in [0.29, 0.717) is 12.5 Å². The number of nitroso groups, excluding NO2 is 1. The largest absolute Gasteiger partial charge is 0.151 e. The van der Waals surface area contributed by atoms with Crippen LogP contribution >= 0.6 is 0 Å². The zero-order valence-corrected chi connectivity index (χ0v) is 6.12. The normalized spacial score (nSPS) is 44.2. The molecule has 0 N–H and O–H groups in total. The van der Waals surface area contributed by atoms with Crippen molar-refractivity contribution in [3.63, 3.8) is 0 Å². The van der Waals surface area contributed by atoms with Crippen LogP contribution in [0.3, 0.4) is 0 Å². The Balaban J connectivity index is 1.95. The van der Waals surface area contributed by atoms with Gasteiger partial charge in [0.2, 0.25) is 0 Å². The minimum atomic E-state index is 0.584. The van der Waals surface area contributed by atoms with E-state index in [-0.39, 0.29) is 0 Å². The van der Waals surface area contributed by atoms with Crippen molar-refractivity contribution in [2.24, 2.45) is 22.9 Å². The Morgan fingerprint density at radius 2 is 2.20 bits per heavy atom. The maximum absolute atomic E-state index is 9.99. The molecule has 0 radical (unpaired) electrons. The highest BCUT2D eigenvalue weighted by Crippen LogP contribution is 2.48. The molecule has 2 heteroatoms. The van der Waals surface area contributed by atoms with E-state index in [2.05, 4.69) is 5.18 Å². The molecule has 2 saturated carbocycles. The second kappa shape index (κ2) is 2.33. The highest BCUT2D eigenvalue weighted by Gasteiger charge is 2.39. The van der Waals surface area contributed by atoms with Crippen molar-refractivity contribution in [1.82, 2.24) is 0 Å². The van der Waals surface area contributed by atoms with Crippen molar-refractivity contribution < 1.29 is 0 Å². The van der Waals surface area contributed by atoms with E-state index in [0.717, 1.165) is 11.8 Å². The minimum absolute atomic E-state index is 0.584. The summed E-state index contributed by atoms with van der Waals surface area (Å²) in [5.41, 5.74) is 0. The topological polar surface area (TPSA) is 29.4 Å². The highest BCUT2D eigenvalue weighted by atomic mass is 16.3. The van der Waals surface area contributed by atoms with Gasteiger partial charge in [-0.3, -0.25) is 0 Å². The predicted octanol–water partition coefficient (Wildman–Crippen LogP) is 2.19. The van der Waals surface area contributed by atoms with Crippen LogP contribution in [0.2, 0.25) is 0 Å². The van der Waals surface area contributed by atoms with E-state index in [1.807, 2.05) is 0 Å². The van der Waals surface area contributed by atoms with E-state index in [1.165, 1.54) is 25.7 Å². The van der Waals surface area contributed by atoms with E-state index in [9.17, 15) is 4.91 Å². The molecule has 0 amide bonds. The van der Waals surface area contributed by atoms with Gasteiger partial charge in [-0.2, -0.15) is 4.91 Å². The number of hydrogen-bond donors (Lipinski definition) is 0. The lowest BCUT2D eigenvalue weighted by molar-refractivity contribution is 0.341. The average molecular weight is 139 g/mol. The van der Waals surface area contributed by atoms with Crippen LogP contribution in [0.4, 0.5) is 0 Å². The van der Waals surface area contributed by atoms with Crippen LogP contribution in [-0.4, -0.2) is 6.54 Å². The standard InChI is InChI=1S/C8H13NO/c10-9-5-8-4-6-1-2-7(8)3-6/h6-8H,1-5H2/t6-,7+,8+/m0/s1. The highest BCUT2D eigenvalue weighted by molar-refractivity contribution is 4.90. The molecule has 0 aromatic heterocycles. The molecule has 0 aromatic rings. The fourth-order valence-corrected chi connectivity index (χ4v) is 2.70. The predicted molar refractivity (Wildman–Crippen MR) is 39.6 cm³/mol. The molecule has 0 aromatic carbocycles.